The molecule has 4 rings (SSSR count). The van der Waals surface area contributed by atoms with Crippen LogP contribution in [0.3, 0.4) is 0 Å². The second-order valence-electron chi connectivity index (χ2n) is 7.12. The van der Waals surface area contributed by atoms with E-state index in [1.165, 1.54) is 15.6 Å². The van der Waals surface area contributed by atoms with Crippen molar-refractivity contribution < 1.29 is 4.79 Å². The molecule has 0 spiro atoms. The molecule has 1 aliphatic rings. The minimum atomic E-state index is -0.326. The fraction of sp³-hybridized carbons (Fsp3) is 0.318. The van der Waals surface area contributed by atoms with Gasteiger partial charge in [-0.1, -0.05) is 48.5 Å². The predicted octanol–water partition coefficient (Wildman–Crippen LogP) is 4.03. The van der Waals surface area contributed by atoms with Crippen LogP contribution in [0.15, 0.2) is 60.7 Å². The van der Waals surface area contributed by atoms with Crippen LogP contribution in [-0.2, 0) is 11.3 Å². The Kier molecular flexibility index (Phi) is 5.53. The van der Waals surface area contributed by atoms with E-state index in [0.717, 1.165) is 30.7 Å². The Bertz CT molecular complexity index is 875. The van der Waals surface area contributed by atoms with Gasteiger partial charge in [-0.2, -0.15) is 0 Å². The molecule has 0 bridgehead atoms. The van der Waals surface area contributed by atoms with E-state index >= 15 is 0 Å². The number of likely N-dealkylation sites (tertiary alicyclic amines) is 1. The highest BCUT2D eigenvalue weighted by Gasteiger charge is 2.28. The first-order valence-electron chi connectivity index (χ1n) is 9.53. The summed E-state index contributed by atoms with van der Waals surface area (Å²) in [7, 11) is 0. The summed E-state index contributed by atoms with van der Waals surface area (Å²) in [5.41, 5.74) is 7.60. The maximum atomic E-state index is 13.1. The average Bonchev–Trinajstić information content (AvgIpc) is 3.06. The van der Waals surface area contributed by atoms with E-state index in [1.807, 2.05) is 35.2 Å². The van der Waals surface area contributed by atoms with Crippen molar-refractivity contribution in [2.75, 3.05) is 6.54 Å². The monoisotopic (exact) mass is 379 g/mol. The van der Waals surface area contributed by atoms with Crippen molar-refractivity contribution >= 4 is 27.3 Å². The van der Waals surface area contributed by atoms with E-state index in [1.54, 1.807) is 11.3 Å². The fourth-order valence-electron chi connectivity index (χ4n) is 3.68. The number of carbonyl (C=O) groups excluding carboxylic acids is 1. The Hall–Kier alpha value is -2.21. The molecule has 4 nitrogen and oxygen atoms in total. The van der Waals surface area contributed by atoms with Gasteiger partial charge in [0.25, 0.3) is 0 Å². The Balaban J connectivity index is 1.47. The first kappa shape index (κ1) is 18.2. The molecule has 3 aromatic rings. The van der Waals surface area contributed by atoms with Gasteiger partial charge < -0.3 is 10.6 Å². The van der Waals surface area contributed by atoms with Gasteiger partial charge in [0.15, 0.2) is 0 Å². The Morgan fingerprint density at radius 3 is 2.70 bits per heavy atom. The molecule has 1 amide bonds. The number of nitrogens with two attached hydrogens (primary N) is 1. The summed E-state index contributed by atoms with van der Waals surface area (Å²) in [5.74, 6) is 0.160. The molecular weight excluding hydrogens is 354 g/mol. The van der Waals surface area contributed by atoms with Crippen LogP contribution < -0.4 is 11.1 Å². The third-order valence-electron chi connectivity index (χ3n) is 5.13. The smallest absolute Gasteiger partial charge is 0.240 e. The molecule has 1 aliphatic heterocycles. The molecule has 3 N–H and O–H groups in total. The Labute approximate surface area is 164 Å². The topological polar surface area (TPSA) is 58.4 Å². The first-order valence-corrected chi connectivity index (χ1v) is 10.4. The van der Waals surface area contributed by atoms with Crippen molar-refractivity contribution in [1.29, 1.82) is 0 Å². The normalized spacial score (nSPS) is 19.2. The number of fused-ring (bicyclic) bond motifs is 1. The zero-order chi connectivity index (χ0) is 18.6. The van der Waals surface area contributed by atoms with E-state index in [9.17, 15) is 4.79 Å². The number of carbonyl (C=O) groups is 1. The lowest BCUT2D eigenvalue weighted by molar-refractivity contribution is -0.133. The lowest BCUT2D eigenvalue weighted by atomic mass is 10.1. The van der Waals surface area contributed by atoms with Gasteiger partial charge in [-0.25, -0.2) is 0 Å². The van der Waals surface area contributed by atoms with Crippen molar-refractivity contribution in [1.82, 2.24) is 10.2 Å². The van der Waals surface area contributed by atoms with Crippen LogP contribution in [-0.4, -0.2) is 23.4 Å². The van der Waals surface area contributed by atoms with Crippen LogP contribution in [0.4, 0.5) is 0 Å². The number of nitrogens with zero attached hydrogens (tertiary/aromatic N) is 1. The quantitative estimate of drug-likeness (QED) is 0.658. The first-order chi connectivity index (χ1) is 13.2. The average molecular weight is 380 g/mol. The third kappa shape index (κ3) is 4.21. The summed E-state index contributed by atoms with van der Waals surface area (Å²) in [4.78, 5) is 16.1. The van der Waals surface area contributed by atoms with Gasteiger partial charge in [0.05, 0.1) is 12.2 Å². The standard InChI is InChI=1S/C22H25N3OS/c23-21(20-14-17-10-4-5-12-19(17)27-20)24-18-11-6-7-13-25(22(18)26)15-16-8-2-1-3-9-16/h1-5,8-10,12,14,18,21,24H,6-7,11,13,15,23H2. The van der Waals surface area contributed by atoms with Crippen LogP contribution in [0.1, 0.15) is 35.9 Å². The summed E-state index contributed by atoms with van der Waals surface area (Å²) in [6, 6.07) is 20.4. The summed E-state index contributed by atoms with van der Waals surface area (Å²) in [6.07, 6.45) is 2.58. The van der Waals surface area contributed by atoms with Crippen molar-refractivity contribution in [3.05, 3.63) is 71.1 Å². The molecule has 2 heterocycles. The van der Waals surface area contributed by atoms with E-state index in [0.29, 0.717) is 6.54 Å². The van der Waals surface area contributed by atoms with E-state index < -0.39 is 0 Å². The minimum absolute atomic E-state index is 0.160. The molecule has 0 saturated carbocycles. The van der Waals surface area contributed by atoms with Crippen molar-refractivity contribution in [3.63, 3.8) is 0 Å². The molecular formula is C22H25N3OS. The Morgan fingerprint density at radius 2 is 1.89 bits per heavy atom. The zero-order valence-corrected chi connectivity index (χ0v) is 16.1. The van der Waals surface area contributed by atoms with Crippen LogP contribution in [0.25, 0.3) is 10.1 Å². The number of nitrogens with one attached hydrogen (secondary N) is 1. The summed E-state index contributed by atoms with van der Waals surface area (Å²) < 4.78 is 1.22. The number of hydrogen-bond donors (Lipinski definition) is 2. The van der Waals surface area contributed by atoms with Crippen molar-refractivity contribution in [3.8, 4) is 0 Å². The molecule has 2 atom stereocenters. The van der Waals surface area contributed by atoms with Crippen molar-refractivity contribution in [2.45, 2.75) is 38.0 Å². The van der Waals surface area contributed by atoms with E-state index in [2.05, 4.69) is 35.6 Å². The highest BCUT2D eigenvalue weighted by molar-refractivity contribution is 7.19. The van der Waals surface area contributed by atoms with Crippen LogP contribution in [0.5, 0.6) is 0 Å². The van der Waals surface area contributed by atoms with Gasteiger partial charge in [-0.05, 0) is 42.3 Å². The number of hydrogen-bond acceptors (Lipinski definition) is 4. The highest BCUT2D eigenvalue weighted by Crippen LogP contribution is 2.28. The van der Waals surface area contributed by atoms with Crippen molar-refractivity contribution in [2.24, 2.45) is 5.73 Å². The molecule has 1 fully saturated rings. The molecule has 1 saturated heterocycles. The molecule has 2 unspecified atom stereocenters. The Morgan fingerprint density at radius 1 is 1.11 bits per heavy atom. The number of thiophene rings is 1. The molecule has 140 valence electrons. The van der Waals surface area contributed by atoms with Crippen LogP contribution >= 0.6 is 11.3 Å². The summed E-state index contributed by atoms with van der Waals surface area (Å²) in [6.45, 7) is 1.47. The minimum Gasteiger partial charge on any atom is -0.337 e. The van der Waals surface area contributed by atoms with E-state index in [-0.39, 0.29) is 18.1 Å². The van der Waals surface area contributed by atoms with Crippen LogP contribution in [0.2, 0.25) is 0 Å². The molecule has 0 aliphatic carbocycles. The predicted molar refractivity (Wildman–Crippen MR) is 111 cm³/mol. The largest absolute Gasteiger partial charge is 0.337 e. The number of benzene rings is 2. The maximum absolute atomic E-state index is 13.1. The molecule has 27 heavy (non-hydrogen) atoms. The highest BCUT2D eigenvalue weighted by atomic mass is 32.1. The number of rotatable bonds is 5. The van der Waals surface area contributed by atoms with Gasteiger partial charge in [0.1, 0.15) is 0 Å². The molecule has 5 heteroatoms. The van der Waals surface area contributed by atoms with E-state index in [4.69, 9.17) is 5.73 Å². The summed E-state index contributed by atoms with van der Waals surface area (Å²) in [5, 5.41) is 4.60. The van der Waals surface area contributed by atoms with Gasteiger partial charge in [-0.15, -0.1) is 11.3 Å². The third-order valence-corrected chi connectivity index (χ3v) is 6.33. The second-order valence-corrected chi connectivity index (χ2v) is 8.24. The maximum Gasteiger partial charge on any atom is 0.240 e. The van der Waals surface area contributed by atoms with Gasteiger partial charge >= 0.3 is 0 Å². The number of amides is 1. The molecule has 2 aromatic carbocycles. The zero-order valence-electron chi connectivity index (χ0n) is 15.3. The summed E-state index contributed by atoms with van der Waals surface area (Å²) >= 11 is 1.69. The lowest BCUT2D eigenvalue weighted by Crippen LogP contribution is -2.47. The lowest BCUT2D eigenvalue weighted by Gasteiger charge is -2.26. The van der Waals surface area contributed by atoms with Crippen LogP contribution in [0, 0.1) is 0 Å². The molecule has 0 radical (unpaired) electrons. The fourth-order valence-corrected chi connectivity index (χ4v) is 4.70. The van der Waals surface area contributed by atoms with Gasteiger partial charge in [0, 0.05) is 22.7 Å². The second kappa shape index (κ2) is 8.21. The SMILES string of the molecule is NC(NC1CCCCN(Cc2ccccc2)C1=O)c1cc2ccccc2s1. The van der Waals surface area contributed by atoms with Gasteiger partial charge in [-0.3, -0.25) is 10.1 Å². The van der Waals surface area contributed by atoms with Gasteiger partial charge in [0.2, 0.25) is 5.91 Å². The molecule has 1 aromatic heterocycles.